The van der Waals surface area contributed by atoms with Crippen molar-refractivity contribution < 1.29 is 0 Å². The molecule has 1 spiro atoms. The zero-order valence-electron chi connectivity index (χ0n) is 12.3. The molecule has 0 aromatic rings. The summed E-state index contributed by atoms with van der Waals surface area (Å²) < 4.78 is 0. The van der Waals surface area contributed by atoms with Gasteiger partial charge in [-0.25, -0.2) is 0 Å². The zero-order valence-corrected chi connectivity index (χ0v) is 12.3. The minimum atomic E-state index is 0.485. The van der Waals surface area contributed by atoms with E-state index in [1.165, 1.54) is 64.6 Å². The molecule has 18 heavy (non-hydrogen) atoms. The van der Waals surface area contributed by atoms with Crippen LogP contribution in [0.1, 0.15) is 58.8 Å². The predicted molar refractivity (Wildman–Crippen MR) is 76.7 cm³/mol. The highest BCUT2D eigenvalue weighted by Gasteiger charge is 2.41. The summed E-state index contributed by atoms with van der Waals surface area (Å²) in [6.45, 7) is 8.72. The molecule has 2 nitrogen and oxygen atoms in total. The van der Waals surface area contributed by atoms with E-state index in [9.17, 15) is 0 Å². The van der Waals surface area contributed by atoms with Gasteiger partial charge in [0.2, 0.25) is 0 Å². The second-order valence-electron chi connectivity index (χ2n) is 7.41. The minimum Gasteiger partial charge on any atom is -0.308 e. The number of piperazine rings is 1. The number of hydrogen-bond acceptors (Lipinski definition) is 2. The fourth-order valence-corrected chi connectivity index (χ4v) is 4.06. The van der Waals surface area contributed by atoms with Crippen LogP contribution >= 0.6 is 0 Å². The normalized spacial score (nSPS) is 33.2. The lowest BCUT2D eigenvalue weighted by Gasteiger charge is -2.51. The predicted octanol–water partition coefficient (Wildman–Crippen LogP) is 3.03. The summed E-state index contributed by atoms with van der Waals surface area (Å²) in [6.07, 6.45) is 10.1. The minimum absolute atomic E-state index is 0.485. The van der Waals surface area contributed by atoms with Crippen LogP contribution in [0.2, 0.25) is 0 Å². The molecule has 1 N–H and O–H groups in total. The second kappa shape index (κ2) is 5.13. The molecule has 0 radical (unpaired) electrons. The molecular weight excluding hydrogens is 220 g/mol. The summed E-state index contributed by atoms with van der Waals surface area (Å²) in [5, 5.41) is 3.95. The van der Waals surface area contributed by atoms with Gasteiger partial charge < -0.3 is 5.32 Å². The average Bonchev–Trinajstić information content (AvgIpc) is 3.14. The summed E-state index contributed by atoms with van der Waals surface area (Å²) in [4.78, 5) is 2.85. The number of nitrogens with zero attached hydrogens (tertiary/aromatic N) is 1. The number of nitrogens with one attached hydrogen (secondary N) is 1. The third kappa shape index (κ3) is 2.75. The molecule has 2 heteroatoms. The standard InChI is InChI=1S/C16H30N2/c1-13(2)15-10-17-16(8-4-3-5-9-16)12-18(15)11-14-6-7-14/h13-15,17H,3-12H2,1-2H3. The van der Waals surface area contributed by atoms with Crippen molar-refractivity contribution in [1.29, 1.82) is 0 Å². The molecule has 0 bridgehead atoms. The van der Waals surface area contributed by atoms with Gasteiger partial charge in [-0.1, -0.05) is 33.1 Å². The van der Waals surface area contributed by atoms with E-state index < -0.39 is 0 Å². The Labute approximate surface area is 113 Å². The topological polar surface area (TPSA) is 15.3 Å². The molecule has 1 unspecified atom stereocenters. The van der Waals surface area contributed by atoms with Gasteiger partial charge in [-0.2, -0.15) is 0 Å². The van der Waals surface area contributed by atoms with E-state index in [1.807, 2.05) is 0 Å². The molecule has 0 aromatic heterocycles. The molecule has 1 atom stereocenters. The quantitative estimate of drug-likeness (QED) is 0.828. The maximum Gasteiger partial charge on any atom is 0.0309 e. The molecule has 1 heterocycles. The van der Waals surface area contributed by atoms with Gasteiger partial charge in [0.25, 0.3) is 0 Å². The molecular formula is C16H30N2. The van der Waals surface area contributed by atoms with E-state index >= 15 is 0 Å². The van der Waals surface area contributed by atoms with E-state index in [-0.39, 0.29) is 0 Å². The summed E-state index contributed by atoms with van der Waals surface area (Å²) in [6, 6.07) is 0.776. The third-order valence-corrected chi connectivity index (χ3v) is 5.43. The van der Waals surface area contributed by atoms with Crippen molar-refractivity contribution in [2.75, 3.05) is 19.6 Å². The summed E-state index contributed by atoms with van der Waals surface area (Å²) in [5.74, 6) is 1.82. The molecule has 2 saturated carbocycles. The van der Waals surface area contributed by atoms with Crippen molar-refractivity contribution in [2.45, 2.75) is 70.4 Å². The fraction of sp³-hybridized carbons (Fsp3) is 1.00. The van der Waals surface area contributed by atoms with Gasteiger partial charge in [-0.15, -0.1) is 0 Å². The van der Waals surface area contributed by atoms with Crippen LogP contribution in [0, 0.1) is 11.8 Å². The SMILES string of the molecule is CC(C)C1CNC2(CCCCC2)CN1CC1CC1. The van der Waals surface area contributed by atoms with Gasteiger partial charge in [0, 0.05) is 31.2 Å². The maximum absolute atomic E-state index is 3.95. The van der Waals surface area contributed by atoms with Crippen molar-refractivity contribution in [3.05, 3.63) is 0 Å². The first-order valence-electron chi connectivity index (χ1n) is 8.18. The Kier molecular flexibility index (Phi) is 3.68. The molecule has 1 saturated heterocycles. The molecule has 0 amide bonds. The van der Waals surface area contributed by atoms with E-state index in [1.54, 1.807) is 0 Å². The van der Waals surface area contributed by atoms with Gasteiger partial charge in [-0.05, 0) is 37.5 Å². The molecule has 3 rings (SSSR count). The van der Waals surface area contributed by atoms with E-state index in [4.69, 9.17) is 0 Å². The van der Waals surface area contributed by atoms with Crippen LogP contribution < -0.4 is 5.32 Å². The highest BCUT2D eigenvalue weighted by Crippen LogP contribution is 2.36. The highest BCUT2D eigenvalue weighted by atomic mass is 15.3. The van der Waals surface area contributed by atoms with Crippen molar-refractivity contribution in [2.24, 2.45) is 11.8 Å². The molecule has 3 aliphatic rings. The van der Waals surface area contributed by atoms with Crippen LogP contribution in [0.3, 0.4) is 0 Å². The van der Waals surface area contributed by atoms with Gasteiger partial charge in [0.05, 0.1) is 0 Å². The first-order chi connectivity index (χ1) is 8.69. The molecule has 3 fully saturated rings. The van der Waals surface area contributed by atoms with Crippen LogP contribution in [0.4, 0.5) is 0 Å². The zero-order chi connectivity index (χ0) is 12.6. The monoisotopic (exact) mass is 250 g/mol. The Hall–Kier alpha value is -0.0800. The Morgan fingerprint density at radius 2 is 1.89 bits per heavy atom. The van der Waals surface area contributed by atoms with E-state index in [2.05, 4.69) is 24.1 Å². The number of rotatable bonds is 3. The van der Waals surface area contributed by atoms with Crippen LogP contribution in [0.25, 0.3) is 0 Å². The van der Waals surface area contributed by atoms with Gasteiger partial charge in [0.1, 0.15) is 0 Å². The van der Waals surface area contributed by atoms with Gasteiger partial charge in [-0.3, -0.25) is 4.90 Å². The Morgan fingerprint density at radius 1 is 1.17 bits per heavy atom. The molecule has 2 aliphatic carbocycles. The number of hydrogen-bond donors (Lipinski definition) is 1. The molecule has 1 aliphatic heterocycles. The Bertz CT molecular complexity index is 277. The smallest absolute Gasteiger partial charge is 0.0309 e. The second-order valence-corrected chi connectivity index (χ2v) is 7.41. The first kappa shape index (κ1) is 12.9. The van der Waals surface area contributed by atoms with Crippen molar-refractivity contribution in [3.63, 3.8) is 0 Å². The summed E-state index contributed by atoms with van der Waals surface area (Å²) in [7, 11) is 0. The van der Waals surface area contributed by atoms with Gasteiger partial charge in [0.15, 0.2) is 0 Å². The van der Waals surface area contributed by atoms with Gasteiger partial charge >= 0.3 is 0 Å². The lowest BCUT2D eigenvalue weighted by Crippen LogP contribution is -2.66. The van der Waals surface area contributed by atoms with Crippen molar-refractivity contribution in [3.8, 4) is 0 Å². The van der Waals surface area contributed by atoms with Crippen molar-refractivity contribution >= 4 is 0 Å². The van der Waals surface area contributed by atoms with Crippen molar-refractivity contribution in [1.82, 2.24) is 10.2 Å². The van der Waals surface area contributed by atoms with Crippen LogP contribution in [0.15, 0.2) is 0 Å². The third-order valence-electron chi connectivity index (χ3n) is 5.43. The Balaban J connectivity index is 1.67. The largest absolute Gasteiger partial charge is 0.308 e. The molecule has 0 aromatic carbocycles. The Morgan fingerprint density at radius 3 is 2.50 bits per heavy atom. The molecule has 104 valence electrons. The first-order valence-corrected chi connectivity index (χ1v) is 8.18. The summed E-state index contributed by atoms with van der Waals surface area (Å²) >= 11 is 0. The highest BCUT2D eigenvalue weighted by molar-refractivity contribution is 5.01. The van der Waals surface area contributed by atoms with Crippen LogP contribution in [-0.2, 0) is 0 Å². The average molecular weight is 250 g/mol. The van der Waals surface area contributed by atoms with E-state index in [0.717, 1.165) is 17.9 Å². The summed E-state index contributed by atoms with van der Waals surface area (Å²) in [5.41, 5.74) is 0.485. The van der Waals surface area contributed by atoms with Crippen LogP contribution in [0.5, 0.6) is 0 Å². The van der Waals surface area contributed by atoms with Crippen LogP contribution in [-0.4, -0.2) is 36.1 Å². The lowest BCUT2D eigenvalue weighted by atomic mass is 9.78. The fourth-order valence-electron chi connectivity index (χ4n) is 4.06. The lowest BCUT2D eigenvalue weighted by molar-refractivity contribution is 0.0334. The van der Waals surface area contributed by atoms with E-state index in [0.29, 0.717) is 5.54 Å². The maximum atomic E-state index is 3.95.